The van der Waals surface area contributed by atoms with Crippen LogP contribution in [0.2, 0.25) is 5.02 Å². The maximum Gasteiger partial charge on any atom is 0.0857 e. The van der Waals surface area contributed by atoms with Crippen molar-refractivity contribution in [2.24, 2.45) is 0 Å². The number of benzene rings is 1. The van der Waals surface area contributed by atoms with Crippen molar-refractivity contribution in [3.8, 4) is 0 Å². The van der Waals surface area contributed by atoms with Crippen molar-refractivity contribution in [2.75, 3.05) is 0 Å². The third kappa shape index (κ3) is 2.64. The van der Waals surface area contributed by atoms with E-state index in [2.05, 4.69) is 10.2 Å². The Morgan fingerprint density at radius 2 is 1.87 bits per heavy atom. The molecule has 1 aromatic carbocycles. The Morgan fingerprint density at radius 1 is 1.00 bits per heavy atom. The number of hydrogen-bond acceptors (Lipinski definition) is 2. The highest BCUT2D eigenvalue weighted by atomic mass is 35.5. The zero-order valence-corrected chi connectivity index (χ0v) is 8.72. The van der Waals surface area contributed by atoms with Crippen LogP contribution >= 0.6 is 11.6 Å². The SMILES string of the molecule is Clc1ccccc1/C=C/c1cccnn1. The van der Waals surface area contributed by atoms with E-state index in [1.165, 1.54) is 0 Å². The van der Waals surface area contributed by atoms with Gasteiger partial charge < -0.3 is 0 Å². The normalized spacial score (nSPS) is 10.7. The van der Waals surface area contributed by atoms with Gasteiger partial charge in [-0.25, -0.2) is 0 Å². The molecule has 2 nitrogen and oxygen atoms in total. The molecule has 0 unspecified atom stereocenters. The Hall–Kier alpha value is -1.67. The molecule has 3 heteroatoms. The molecule has 0 saturated carbocycles. The fourth-order valence-corrected chi connectivity index (χ4v) is 1.39. The molecule has 0 fully saturated rings. The molecule has 0 aliphatic heterocycles. The van der Waals surface area contributed by atoms with E-state index in [0.29, 0.717) is 0 Å². The van der Waals surface area contributed by atoms with Crippen molar-refractivity contribution in [1.82, 2.24) is 10.2 Å². The minimum absolute atomic E-state index is 0.734. The van der Waals surface area contributed by atoms with Crippen molar-refractivity contribution in [2.45, 2.75) is 0 Å². The summed E-state index contributed by atoms with van der Waals surface area (Å²) < 4.78 is 0. The monoisotopic (exact) mass is 216 g/mol. The highest BCUT2D eigenvalue weighted by Crippen LogP contribution is 2.17. The van der Waals surface area contributed by atoms with Crippen molar-refractivity contribution >= 4 is 23.8 Å². The molecule has 0 aliphatic rings. The van der Waals surface area contributed by atoms with E-state index in [-0.39, 0.29) is 0 Å². The molecule has 0 aliphatic carbocycles. The van der Waals surface area contributed by atoms with E-state index in [4.69, 9.17) is 11.6 Å². The fraction of sp³-hybridized carbons (Fsp3) is 0. The number of rotatable bonds is 2. The minimum Gasteiger partial charge on any atom is -0.159 e. The van der Waals surface area contributed by atoms with Crippen LogP contribution in [0, 0.1) is 0 Å². The summed E-state index contributed by atoms with van der Waals surface area (Å²) in [6.45, 7) is 0. The topological polar surface area (TPSA) is 25.8 Å². The predicted molar refractivity (Wildman–Crippen MR) is 62.4 cm³/mol. The van der Waals surface area contributed by atoms with Gasteiger partial charge in [-0.3, -0.25) is 0 Å². The van der Waals surface area contributed by atoms with Gasteiger partial charge in [0.05, 0.1) is 5.69 Å². The van der Waals surface area contributed by atoms with Crippen LogP contribution in [-0.4, -0.2) is 10.2 Å². The van der Waals surface area contributed by atoms with E-state index >= 15 is 0 Å². The second-order valence-electron chi connectivity index (χ2n) is 3.00. The van der Waals surface area contributed by atoms with E-state index in [1.807, 2.05) is 48.6 Å². The summed E-state index contributed by atoms with van der Waals surface area (Å²) >= 11 is 6.00. The van der Waals surface area contributed by atoms with Crippen LogP contribution in [0.5, 0.6) is 0 Å². The maximum atomic E-state index is 6.00. The van der Waals surface area contributed by atoms with Crippen LogP contribution in [0.1, 0.15) is 11.3 Å². The molecule has 0 bridgehead atoms. The van der Waals surface area contributed by atoms with Gasteiger partial charge >= 0.3 is 0 Å². The van der Waals surface area contributed by atoms with Crippen LogP contribution < -0.4 is 0 Å². The van der Waals surface area contributed by atoms with Crippen LogP contribution in [0.25, 0.3) is 12.2 Å². The van der Waals surface area contributed by atoms with Crippen molar-refractivity contribution < 1.29 is 0 Å². The lowest BCUT2D eigenvalue weighted by atomic mass is 10.2. The fourth-order valence-electron chi connectivity index (χ4n) is 1.19. The smallest absolute Gasteiger partial charge is 0.0857 e. The summed E-state index contributed by atoms with van der Waals surface area (Å²) in [5, 5.41) is 8.46. The average Bonchev–Trinajstić information content (AvgIpc) is 2.29. The van der Waals surface area contributed by atoms with Crippen LogP contribution in [0.15, 0.2) is 42.6 Å². The first kappa shape index (κ1) is 9.87. The van der Waals surface area contributed by atoms with Crippen molar-refractivity contribution in [3.05, 3.63) is 58.9 Å². The predicted octanol–water partition coefficient (Wildman–Crippen LogP) is 3.30. The van der Waals surface area contributed by atoms with Gasteiger partial charge in [-0.15, -0.1) is 0 Å². The molecule has 1 heterocycles. The zero-order valence-electron chi connectivity index (χ0n) is 7.97. The molecule has 74 valence electrons. The Labute approximate surface area is 93.2 Å². The van der Waals surface area contributed by atoms with Gasteiger partial charge in [0.15, 0.2) is 0 Å². The molecule has 2 aromatic rings. The lowest BCUT2D eigenvalue weighted by Gasteiger charge is -1.95. The highest BCUT2D eigenvalue weighted by Gasteiger charge is 1.93. The zero-order chi connectivity index (χ0) is 10.5. The van der Waals surface area contributed by atoms with Crippen molar-refractivity contribution in [1.29, 1.82) is 0 Å². The summed E-state index contributed by atoms with van der Waals surface area (Å²) in [4.78, 5) is 0. The molecule has 0 radical (unpaired) electrons. The molecular weight excluding hydrogens is 208 g/mol. The molecule has 2 rings (SSSR count). The molecule has 0 saturated heterocycles. The Morgan fingerprint density at radius 3 is 2.60 bits per heavy atom. The number of hydrogen-bond donors (Lipinski definition) is 0. The number of halogens is 1. The van der Waals surface area contributed by atoms with Gasteiger partial charge in [-0.05, 0) is 29.8 Å². The summed E-state index contributed by atoms with van der Waals surface area (Å²) in [5.74, 6) is 0. The van der Waals surface area contributed by atoms with E-state index in [1.54, 1.807) is 6.20 Å². The molecule has 1 aromatic heterocycles. The molecule has 0 spiro atoms. The van der Waals surface area contributed by atoms with E-state index < -0.39 is 0 Å². The molecule has 0 atom stereocenters. The lowest BCUT2D eigenvalue weighted by Crippen LogP contribution is -1.82. The van der Waals surface area contributed by atoms with Crippen LogP contribution in [-0.2, 0) is 0 Å². The summed E-state index contributed by atoms with van der Waals surface area (Å²) in [5.41, 5.74) is 1.79. The molecule has 0 amide bonds. The second-order valence-corrected chi connectivity index (χ2v) is 3.41. The van der Waals surface area contributed by atoms with Gasteiger partial charge in [0, 0.05) is 11.2 Å². The Kier molecular flexibility index (Phi) is 3.10. The summed E-state index contributed by atoms with van der Waals surface area (Å²) in [6.07, 6.45) is 5.45. The van der Waals surface area contributed by atoms with Crippen LogP contribution in [0.4, 0.5) is 0 Å². The third-order valence-corrected chi connectivity index (χ3v) is 2.28. The van der Waals surface area contributed by atoms with Gasteiger partial charge in [0.25, 0.3) is 0 Å². The van der Waals surface area contributed by atoms with Crippen LogP contribution in [0.3, 0.4) is 0 Å². The maximum absolute atomic E-state index is 6.00. The lowest BCUT2D eigenvalue weighted by molar-refractivity contribution is 1.02. The molecule has 15 heavy (non-hydrogen) atoms. The second kappa shape index (κ2) is 4.71. The van der Waals surface area contributed by atoms with E-state index in [0.717, 1.165) is 16.3 Å². The minimum atomic E-state index is 0.734. The largest absolute Gasteiger partial charge is 0.159 e. The Balaban J connectivity index is 2.23. The third-order valence-electron chi connectivity index (χ3n) is 1.93. The highest BCUT2D eigenvalue weighted by molar-refractivity contribution is 6.32. The summed E-state index contributed by atoms with van der Waals surface area (Å²) in [7, 11) is 0. The van der Waals surface area contributed by atoms with Gasteiger partial charge in [-0.2, -0.15) is 10.2 Å². The number of aromatic nitrogens is 2. The standard InChI is InChI=1S/C12H9ClN2/c13-12-6-2-1-4-10(12)7-8-11-5-3-9-14-15-11/h1-9H/b8-7+. The first-order chi connectivity index (χ1) is 7.36. The first-order valence-corrected chi connectivity index (χ1v) is 4.94. The van der Waals surface area contributed by atoms with Gasteiger partial charge in [-0.1, -0.05) is 35.9 Å². The quantitative estimate of drug-likeness (QED) is 0.770. The number of nitrogens with zero attached hydrogens (tertiary/aromatic N) is 2. The van der Waals surface area contributed by atoms with Gasteiger partial charge in [0.1, 0.15) is 0 Å². The average molecular weight is 217 g/mol. The van der Waals surface area contributed by atoms with Crippen molar-refractivity contribution in [3.63, 3.8) is 0 Å². The first-order valence-electron chi connectivity index (χ1n) is 4.56. The Bertz CT molecular complexity index is 466. The van der Waals surface area contributed by atoms with E-state index in [9.17, 15) is 0 Å². The van der Waals surface area contributed by atoms with Gasteiger partial charge in [0.2, 0.25) is 0 Å². The summed E-state index contributed by atoms with van der Waals surface area (Å²) in [6, 6.07) is 11.4. The molecule has 0 N–H and O–H groups in total. The molecular formula is C12H9ClN2.